The third kappa shape index (κ3) is 5.56. The molecule has 1 fully saturated rings. The first kappa shape index (κ1) is 23.7. The van der Waals surface area contributed by atoms with E-state index in [9.17, 15) is 22.8 Å². The summed E-state index contributed by atoms with van der Waals surface area (Å²) in [4.78, 5) is 32.1. The molecule has 0 spiro atoms. The topological polar surface area (TPSA) is 71.5 Å². The van der Waals surface area contributed by atoms with Crippen LogP contribution >= 0.6 is 11.3 Å². The average molecular weight is 490 g/mol. The fourth-order valence-electron chi connectivity index (χ4n) is 3.78. The van der Waals surface area contributed by atoms with Crippen LogP contribution in [0.2, 0.25) is 0 Å². The average Bonchev–Trinajstić information content (AvgIpc) is 3.36. The SMILES string of the molecule is Cc1nc(N2CCC(Cc3ccc(OC(F)F)cc3)C2=O)sc1C(=O)NCc1ccc(F)cc1. The zero-order valence-electron chi connectivity index (χ0n) is 18.3. The number of hydrogen-bond acceptors (Lipinski definition) is 5. The summed E-state index contributed by atoms with van der Waals surface area (Å²) in [6.45, 7) is -0.432. The zero-order valence-corrected chi connectivity index (χ0v) is 19.1. The van der Waals surface area contributed by atoms with Gasteiger partial charge in [-0.1, -0.05) is 35.6 Å². The second-order valence-electron chi connectivity index (χ2n) is 7.92. The lowest BCUT2D eigenvalue weighted by Gasteiger charge is -2.13. The maximum atomic E-state index is 13.0. The summed E-state index contributed by atoms with van der Waals surface area (Å²) in [5.74, 6) is -0.923. The van der Waals surface area contributed by atoms with Gasteiger partial charge >= 0.3 is 6.61 Å². The van der Waals surface area contributed by atoms with Gasteiger partial charge in [0.1, 0.15) is 16.4 Å². The number of anilines is 1. The van der Waals surface area contributed by atoms with Crippen LogP contribution in [0, 0.1) is 18.7 Å². The van der Waals surface area contributed by atoms with Crippen molar-refractivity contribution in [3.63, 3.8) is 0 Å². The van der Waals surface area contributed by atoms with Crippen molar-refractivity contribution in [3.05, 3.63) is 76.0 Å². The van der Waals surface area contributed by atoms with E-state index in [1.54, 1.807) is 36.1 Å². The molecule has 0 aliphatic carbocycles. The van der Waals surface area contributed by atoms with E-state index in [0.717, 1.165) is 22.5 Å². The van der Waals surface area contributed by atoms with Gasteiger partial charge in [0, 0.05) is 19.0 Å². The lowest BCUT2D eigenvalue weighted by atomic mass is 9.98. The number of carbonyl (C=O) groups is 2. The number of amides is 2. The Kier molecular flexibility index (Phi) is 7.16. The normalized spacial score (nSPS) is 15.7. The number of aryl methyl sites for hydroxylation is 1. The quantitative estimate of drug-likeness (QED) is 0.497. The smallest absolute Gasteiger partial charge is 0.387 e. The van der Waals surface area contributed by atoms with Crippen molar-refractivity contribution in [1.82, 2.24) is 10.3 Å². The number of thiazole rings is 1. The molecule has 34 heavy (non-hydrogen) atoms. The van der Waals surface area contributed by atoms with Crippen molar-refractivity contribution in [3.8, 4) is 5.75 Å². The van der Waals surface area contributed by atoms with Crippen LogP contribution in [0.25, 0.3) is 0 Å². The molecule has 2 amide bonds. The Bertz CT molecular complexity index is 1170. The van der Waals surface area contributed by atoms with Crippen LogP contribution in [0.15, 0.2) is 48.5 Å². The van der Waals surface area contributed by atoms with E-state index in [0.29, 0.717) is 35.1 Å². The van der Waals surface area contributed by atoms with E-state index in [2.05, 4.69) is 15.0 Å². The zero-order chi connectivity index (χ0) is 24.2. The van der Waals surface area contributed by atoms with Gasteiger partial charge in [-0.05, 0) is 55.2 Å². The Morgan fingerprint density at radius 2 is 1.85 bits per heavy atom. The first-order valence-corrected chi connectivity index (χ1v) is 11.5. The molecule has 6 nitrogen and oxygen atoms in total. The van der Waals surface area contributed by atoms with Gasteiger partial charge in [0.15, 0.2) is 5.13 Å². The second kappa shape index (κ2) is 10.3. The standard InChI is InChI=1S/C24H22F3N3O3S/c1-14-20(21(31)28-13-16-2-6-18(25)7-3-16)34-24(29-14)30-11-10-17(22(30)32)12-15-4-8-19(9-5-15)33-23(26)27/h2-9,17,23H,10-13H2,1H3,(H,28,31). The summed E-state index contributed by atoms with van der Waals surface area (Å²) in [5.41, 5.74) is 2.14. The van der Waals surface area contributed by atoms with Crippen LogP contribution in [0.1, 0.15) is 32.9 Å². The molecule has 1 aromatic heterocycles. The minimum Gasteiger partial charge on any atom is -0.435 e. The number of halogens is 3. The molecule has 1 unspecified atom stereocenters. The predicted molar refractivity (Wildman–Crippen MR) is 122 cm³/mol. The number of aromatic nitrogens is 1. The minimum atomic E-state index is -2.88. The summed E-state index contributed by atoms with van der Waals surface area (Å²) in [5, 5.41) is 3.27. The van der Waals surface area contributed by atoms with Gasteiger partial charge in [-0.15, -0.1) is 0 Å². The highest BCUT2D eigenvalue weighted by atomic mass is 32.1. The lowest BCUT2D eigenvalue weighted by molar-refractivity contribution is -0.120. The Labute approximate surface area is 198 Å². The molecule has 1 atom stereocenters. The number of benzene rings is 2. The molecule has 4 rings (SSSR count). The van der Waals surface area contributed by atoms with Crippen LogP contribution in [0.3, 0.4) is 0 Å². The molecule has 0 radical (unpaired) electrons. The molecule has 3 aromatic rings. The molecule has 0 bridgehead atoms. The molecule has 1 aliphatic heterocycles. The molecule has 1 N–H and O–H groups in total. The van der Waals surface area contributed by atoms with Crippen molar-refractivity contribution in [2.24, 2.45) is 5.92 Å². The van der Waals surface area contributed by atoms with Gasteiger partial charge < -0.3 is 10.1 Å². The maximum absolute atomic E-state index is 13.0. The number of hydrogen-bond donors (Lipinski definition) is 1. The van der Waals surface area contributed by atoms with Crippen molar-refractivity contribution < 1.29 is 27.5 Å². The monoisotopic (exact) mass is 489 g/mol. The van der Waals surface area contributed by atoms with Crippen LogP contribution in [0.5, 0.6) is 5.75 Å². The van der Waals surface area contributed by atoms with Gasteiger partial charge in [-0.2, -0.15) is 8.78 Å². The summed E-state index contributed by atoms with van der Waals surface area (Å²) >= 11 is 1.16. The number of nitrogens with zero attached hydrogens (tertiary/aromatic N) is 2. The molecule has 2 aromatic carbocycles. The van der Waals surface area contributed by atoms with Gasteiger partial charge in [0.2, 0.25) is 5.91 Å². The Morgan fingerprint density at radius 1 is 1.18 bits per heavy atom. The molecular weight excluding hydrogens is 467 g/mol. The number of nitrogens with one attached hydrogen (secondary N) is 1. The fraction of sp³-hybridized carbons (Fsp3) is 0.292. The largest absolute Gasteiger partial charge is 0.435 e. The van der Waals surface area contributed by atoms with Crippen molar-refractivity contribution in [2.45, 2.75) is 32.9 Å². The molecule has 10 heteroatoms. The Morgan fingerprint density at radius 3 is 2.53 bits per heavy atom. The highest BCUT2D eigenvalue weighted by molar-refractivity contribution is 7.17. The molecular formula is C24H22F3N3O3S. The number of carbonyl (C=O) groups excluding carboxylic acids is 2. The highest BCUT2D eigenvalue weighted by Crippen LogP contribution is 2.32. The molecule has 2 heterocycles. The van der Waals surface area contributed by atoms with Crippen molar-refractivity contribution >= 4 is 28.3 Å². The minimum absolute atomic E-state index is 0.0709. The predicted octanol–water partition coefficient (Wildman–Crippen LogP) is 4.72. The Hall–Kier alpha value is -3.40. The summed E-state index contributed by atoms with van der Waals surface area (Å²) in [7, 11) is 0. The Balaban J connectivity index is 1.37. The first-order chi connectivity index (χ1) is 16.3. The van der Waals surface area contributed by atoms with Gasteiger partial charge in [0.05, 0.1) is 5.69 Å². The van der Waals surface area contributed by atoms with E-state index >= 15 is 0 Å². The van der Waals surface area contributed by atoms with Crippen molar-refractivity contribution in [1.29, 1.82) is 0 Å². The fourth-order valence-corrected chi connectivity index (χ4v) is 4.80. The van der Waals surface area contributed by atoms with E-state index < -0.39 is 6.61 Å². The first-order valence-electron chi connectivity index (χ1n) is 10.7. The van der Waals surface area contributed by atoms with Gasteiger partial charge in [-0.3, -0.25) is 14.5 Å². The number of alkyl halides is 2. The number of ether oxygens (including phenoxy) is 1. The summed E-state index contributed by atoms with van der Waals surface area (Å²) in [6, 6.07) is 12.1. The third-order valence-electron chi connectivity index (χ3n) is 5.54. The third-order valence-corrected chi connectivity index (χ3v) is 6.72. The van der Waals surface area contributed by atoms with Crippen LogP contribution in [0.4, 0.5) is 18.3 Å². The summed E-state index contributed by atoms with van der Waals surface area (Å²) < 4.78 is 42.0. The number of rotatable bonds is 8. The maximum Gasteiger partial charge on any atom is 0.387 e. The molecule has 1 aliphatic rings. The summed E-state index contributed by atoms with van der Waals surface area (Å²) in [6.07, 6.45) is 1.10. The highest BCUT2D eigenvalue weighted by Gasteiger charge is 2.35. The van der Waals surface area contributed by atoms with Crippen molar-refractivity contribution in [2.75, 3.05) is 11.4 Å². The van der Waals surface area contributed by atoms with Gasteiger partial charge in [-0.25, -0.2) is 9.37 Å². The van der Waals surface area contributed by atoms with E-state index in [1.165, 1.54) is 24.3 Å². The van der Waals surface area contributed by atoms with Crippen LogP contribution < -0.4 is 15.0 Å². The lowest BCUT2D eigenvalue weighted by Crippen LogP contribution is -2.27. The van der Waals surface area contributed by atoms with E-state index in [4.69, 9.17) is 0 Å². The second-order valence-corrected chi connectivity index (χ2v) is 8.90. The van der Waals surface area contributed by atoms with E-state index in [-0.39, 0.29) is 35.8 Å². The molecule has 178 valence electrons. The van der Waals surface area contributed by atoms with Gasteiger partial charge in [0.25, 0.3) is 5.91 Å². The molecule has 0 saturated carbocycles. The molecule has 1 saturated heterocycles. The van der Waals surface area contributed by atoms with Crippen LogP contribution in [-0.2, 0) is 17.8 Å². The van der Waals surface area contributed by atoms with E-state index in [1.807, 2.05) is 0 Å². The van der Waals surface area contributed by atoms with Crippen LogP contribution in [-0.4, -0.2) is 30.0 Å².